The van der Waals surface area contributed by atoms with Crippen LogP contribution in [0, 0.1) is 0 Å². The zero-order valence-corrected chi connectivity index (χ0v) is 9.81. The fourth-order valence-electron chi connectivity index (χ4n) is 0.936. The van der Waals surface area contributed by atoms with Crippen molar-refractivity contribution in [2.24, 2.45) is 4.40 Å². The predicted molar refractivity (Wildman–Crippen MR) is 61.2 cm³/mol. The zero-order chi connectivity index (χ0) is 12.2. The fraction of sp³-hybridized carbons (Fsp3) is 0.200. The van der Waals surface area contributed by atoms with Crippen LogP contribution < -0.4 is 0 Å². The summed E-state index contributed by atoms with van der Waals surface area (Å²) in [5.41, 5.74) is 0.426. The van der Waals surface area contributed by atoms with Crippen molar-refractivity contribution in [3.8, 4) is 0 Å². The van der Waals surface area contributed by atoms with Crippen molar-refractivity contribution < 1.29 is 13.2 Å². The molecule has 0 N–H and O–H groups in total. The summed E-state index contributed by atoms with van der Waals surface area (Å²) in [5, 5.41) is 0. The van der Waals surface area contributed by atoms with E-state index in [1.807, 2.05) is 0 Å². The van der Waals surface area contributed by atoms with Crippen LogP contribution in [-0.4, -0.2) is 40.0 Å². The van der Waals surface area contributed by atoms with E-state index in [1.165, 1.54) is 35.5 Å². The van der Waals surface area contributed by atoms with Crippen LogP contribution in [0.15, 0.2) is 33.6 Å². The lowest BCUT2D eigenvalue weighted by atomic mass is 10.2. The van der Waals surface area contributed by atoms with Crippen LogP contribution in [0.1, 0.15) is 10.4 Å². The summed E-state index contributed by atoms with van der Waals surface area (Å²) >= 11 is 0. The van der Waals surface area contributed by atoms with Crippen molar-refractivity contribution in [1.29, 1.82) is 0 Å². The summed E-state index contributed by atoms with van der Waals surface area (Å²) in [6.45, 7) is 0. The molecule has 0 radical (unpaired) electrons. The first-order valence-electron chi connectivity index (χ1n) is 4.48. The first-order valence-corrected chi connectivity index (χ1v) is 5.92. The summed E-state index contributed by atoms with van der Waals surface area (Å²) in [6, 6.07) is 5.58. The third-order valence-electron chi connectivity index (χ3n) is 1.73. The highest BCUT2D eigenvalue weighted by molar-refractivity contribution is 7.90. The van der Waals surface area contributed by atoms with Gasteiger partial charge in [0, 0.05) is 19.7 Å². The topological polar surface area (TPSA) is 66.8 Å². The van der Waals surface area contributed by atoms with Crippen LogP contribution in [0.2, 0.25) is 0 Å². The van der Waals surface area contributed by atoms with Crippen molar-refractivity contribution in [2.45, 2.75) is 4.90 Å². The van der Waals surface area contributed by atoms with E-state index in [2.05, 4.69) is 4.40 Å². The van der Waals surface area contributed by atoms with Crippen molar-refractivity contribution in [3.63, 3.8) is 0 Å². The molecule has 0 amide bonds. The Morgan fingerprint density at radius 1 is 1.19 bits per heavy atom. The molecule has 0 spiro atoms. The van der Waals surface area contributed by atoms with Gasteiger partial charge in [0.2, 0.25) is 0 Å². The first-order chi connectivity index (χ1) is 7.45. The van der Waals surface area contributed by atoms with Gasteiger partial charge in [-0.05, 0) is 12.1 Å². The van der Waals surface area contributed by atoms with E-state index in [0.29, 0.717) is 11.8 Å². The van der Waals surface area contributed by atoms with Gasteiger partial charge in [-0.1, -0.05) is 12.1 Å². The van der Waals surface area contributed by atoms with Crippen LogP contribution in [0.5, 0.6) is 0 Å². The first kappa shape index (κ1) is 12.4. The molecule has 0 saturated carbocycles. The molecular formula is C10H12N2O3S. The lowest BCUT2D eigenvalue weighted by Crippen LogP contribution is -2.10. The van der Waals surface area contributed by atoms with E-state index in [4.69, 9.17) is 0 Å². The number of sulfonamides is 1. The number of carbonyl (C=O) groups excluding carboxylic acids is 1. The zero-order valence-electron chi connectivity index (χ0n) is 8.99. The Balaban J connectivity index is 3.03. The molecule has 86 valence electrons. The quantitative estimate of drug-likeness (QED) is 0.443. The maximum atomic E-state index is 11.6. The number of aldehydes is 1. The minimum absolute atomic E-state index is 0.0659. The Morgan fingerprint density at radius 3 is 2.19 bits per heavy atom. The SMILES string of the molecule is CN(C)C=NS(=O)(=O)c1ccc(C=O)cc1. The Bertz CT molecular complexity index is 489. The average molecular weight is 240 g/mol. The molecule has 5 nitrogen and oxygen atoms in total. The van der Waals surface area contributed by atoms with Gasteiger partial charge in [-0.15, -0.1) is 4.40 Å². The van der Waals surface area contributed by atoms with Gasteiger partial charge in [0.25, 0.3) is 10.0 Å². The number of hydrogen-bond donors (Lipinski definition) is 0. The van der Waals surface area contributed by atoms with E-state index in [-0.39, 0.29) is 4.90 Å². The number of carbonyl (C=O) groups is 1. The maximum Gasteiger partial charge on any atom is 0.283 e. The van der Waals surface area contributed by atoms with E-state index in [9.17, 15) is 13.2 Å². The van der Waals surface area contributed by atoms with E-state index < -0.39 is 10.0 Å². The minimum Gasteiger partial charge on any atom is -0.368 e. The molecule has 0 aliphatic heterocycles. The second kappa shape index (κ2) is 4.89. The van der Waals surface area contributed by atoms with E-state index >= 15 is 0 Å². The van der Waals surface area contributed by atoms with Gasteiger partial charge < -0.3 is 4.90 Å². The molecule has 0 saturated heterocycles. The highest BCUT2D eigenvalue weighted by Gasteiger charge is 2.11. The number of benzene rings is 1. The molecule has 0 atom stereocenters. The van der Waals surface area contributed by atoms with E-state index in [0.717, 1.165) is 0 Å². The molecule has 1 aromatic carbocycles. The van der Waals surface area contributed by atoms with Gasteiger partial charge in [0.05, 0.1) is 4.90 Å². The molecule has 0 unspecified atom stereocenters. The maximum absolute atomic E-state index is 11.6. The Kier molecular flexibility index (Phi) is 3.78. The third kappa shape index (κ3) is 3.16. The molecule has 0 aliphatic carbocycles. The highest BCUT2D eigenvalue weighted by atomic mass is 32.2. The molecule has 0 bridgehead atoms. The van der Waals surface area contributed by atoms with Crippen molar-refractivity contribution >= 4 is 22.6 Å². The standard InChI is InChI=1S/C10H12N2O3S/c1-12(2)8-11-16(14,15)10-5-3-9(7-13)4-6-10/h3-8H,1-2H3. The van der Waals surface area contributed by atoms with Crippen LogP contribution in [0.25, 0.3) is 0 Å². The minimum atomic E-state index is -3.67. The largest absolute Gasteiger partial charge is 0.368 e. The summed E-state index contributed by atoms with van der Waals surface area (Å²) in [4.78, 5) is 12.0. The number of rotatable bonds is 4. The lowest BCUT2D eigenvalue weighted by Gasteiger charge is -2.03. The van der Waals surface area contributed by atoms with Gasteiger partial charge >= 0.3 is 0 Å². The van der Waals surface area contributed by atoms with Crippen LogP contribution >= 0.6 is 0 Å². The van der Waals surface area contributed by atoms with Crippen LogP contribution in [-0.2, 0) is 10.0 Å². The second-order valence-corrected chi connectivity index (χ2v) is 4.98. The van der Waals surface area contributed by atoms with Crippen LogP contribution in [0.4, 0.5) is 0 Å². The Labute approximate surface area is 94.5 Å². The van der Waals surface area contributed by atoms with Gasteiger partial charge in [-0.25, -0.2) is 0 Å². The second-order valence-electron chi connectivity index (χ2n) is 3.35. The van der Waals surface area contributed by atoms with E-state index in [1.54, 1.807) is 14.1 Å². The molecule has 1 rings (SSSR count). The molecule has 1 aromatic rings. The molecule has 0 aliphatic rings. The van der Waals surface area contributed by atoms with Gasteiger partial charge in [-0.3, -0.25) is 4.79 Å². The normalized spacial score (nSPS) is 11.6. The summed E-state index contributed by atoms with van der Waals surface area (Å²) < 4.78 is 26.7. The molecule has 0 heterocycles. The fourth-order valence-corrected chi connectivity index (χ4v) is 1.85. The molecule has 6 heteroatoms. The average Bonchev–Trinajstić information content (AvgIpc) is 2.27. The Hall–Kier alpha value is -1.69. The summed E-state index contributed by atoms with van der Waals surface area (Å²) in [6.07, 6.45) is 1.86. The van der Waals surface area contributed by atoms with Crippen molar-refractivity contribution in [2.75, 3.05) is 14.1 Å². The molecule has 0 aromatic heterocycles. The van der Waals surface area contributed by atoms with Gasteiger partial charge in [-0.2, -0.15) is 8.42 Å². The number of hydrogen-bond acceptors (Lipinski definition) is 3. The Morgan fingerprint density at radius 2 is 1.75 bits per heavy atom. The highest BCUT2D eigenvalue weighted by Crippen LogP contribution is 2.12. The monoisotopic (exact) mass is 240 g/mol. The summed E-state index contributed by atoms with van der Waals surface area (Å²) in [5.74, 6) is 0. The number of nitrogens with zero attached hydrogens (tertiary/aromatic N) is 2. The molecular weight excluding hydrogens is 228 g/mol. The van der Waals surface area contributed by atoms with Gasteiger partial charge in [0.1, 0.15) is 12.6 Å². The van der Waals surface area contributed by atoms with Crippen molar-refractivity contribution in [3.05, 3.63) is 29.8 Å². The lowest BCUT2D eigenvalue weighted by molar-refractivity contribution is 0.112. The molecule has 0 fully saturated rings. The molecule has 16 heavy (non-hydrogen) atoms. The third-order valence-corrected chi connectivity index (χ3v) is 2.97. The van der Waals surface area contributed by atoms with Crippen LogP contribution in [0.3, 0.4) is 0 Å². The van der Waals surface area contributed by atoms with Crippen molar-refractivity contribution in [1.82, 2.24) is 4.90 Å². The summed E-state index contributed by atoms with van der Waals surface area (Å²) in [7, 11) is -0.318. The smallest absolute Gasteiger partial charge is 0.283 e. The predicted octanol–water partition coefficient (Wildman–Crippen LogP) is 0.778. The van der Waals surface area contributed by atoms with Gasteiger partial charge in [0.15, 0.2) is 0 Å².